The van der Waals surface area contributed by atoms with Gasteiger partial charge in [-0.05, 0) is 43.7 Å². The van der Waals surface area contributed by atoms with Gasteiger partial charge in [0.2, 0.25) is 11.8 Å². The molecule has 0 spiro atoms. The van der Waals surface area contributed by atoms with Crippen LogP contribution >= 0.6 is 23.2 Å². The minimum atomic E-state index is -0.671. The van der Waals surface area contributed by atoms with Crippen molar-refractivity contribution < 1.29 is 13.9 Å². The highest BCUT2D eigenvalue weighted by molar-refractivity contribution is 6.42. The van der Waals surface area contributed by atoms with Gasteiger partial charge in [0.15, 0.2) is 0 Å². The lowest BCUT2D eigenvalue weighted by atomic mass is 10.1. The summed E-state index contributed by atoms with van der Waals surface area (Å²) in [6.07, 6.45) is 1.12. The Kier molecular flexibility index (Phi) is 5.25. The van der Waals surface area contributed by atoms with E-state index in [0.717, 1.165) is 17.8 Å². The maximum atomic E-state index is 12.9. The standard InChI is InChI=1S/C18H14Cl2FN3O2/c1-10-7-17(26-18(25)13-4-6-16(21)22-9-13)24(23-10)11(2)12-3-5-14(19)15(20)8-12/h3-9,11H,1-2H3. The van der Waals surface area contributed by atoms with Crippen molar-refractivity contribution >= 4 is 29.2 Å². The summed E-state index contributed by atoms with van der Waals surface area (Å²) in [6.45, 7) is 3.68. The molecule has 0 N–H and O–H groups in total. The maximum Gasteiger partial charge on any atom is 0.346 e. The van der Waals surface area contributed by atoms with Crippen LogP contribution < -0.4 is 4.74 Å². The van der Waals surface area contributed by atoms with Crippen LogP contribution in [-0.2, 0) is 0 Å². The zero-order valence-electron chi connectivity index (χ0n) is 13.9. The van der Waals surface area contributed by atoms with Crippen LogP contribution in [0.25, 0.3) is 0 Å². The Morgan fingerprint density at radius 2 is 1.96 bits per heavy atom. The van der Waals surface area contributed by atoms with Crippen molar-refractivity contribution in [1.29, 1.82) is 0 Å². The summed E-state index contributed by atoms with van der Waals surface area (Å²) in [7, 11) is 0. The minimum absolute atomic E-state index is 0.138. The number of halogens is 3. The first-order chi connectivity index (χ1) is 12.3. The molecule has 3 rings (SSSR count). The number of ether oxygens (including phenoxy) is 1. The largest absolute Gasteiger partial charge is 0.404 e. The van der Waals surface area contributed by atoms with Crippen LogP contribution in [0.1, 0.15) is 34.6 Å². The third-order valence-electron chi connectivity index (χ3n) is 3.78. The maximum absolute atomic E-state index is 12.9. The highest BCUT2D eigenvalue weighted by Gasteiger charge is 2.19. The fraction of sp³-hybridized carbons (Fsp3) is 0.167. The first-order valence-electron chi connectivity index (χ1n) is 7.70. The summed E-state index contributed by atoms with van der Waals surface area (Å²) in [4.78, 5) is 15.7. The quantitative estimate of drug-likeness (QED) is 0.469. The van der Waals surface area contributed by atoms with E-state index in [2.05, 4.69) is 10.1 Å². The van der Waals surface area contributed by atoms with Crippen LogP contribution in [0.5, 0.6) is 5.88 Å². The molecule has 2 aromatic heterocycles. The average molecular weight is 394 g/mol. The van der Waals surface area contributed by atoms with Crippen LogP contribution in [0.2, 0.25) is 10.0 Å². The highest BCUT2D eigenvalue weighted by atomic mass is 35.5. The van der Waals surface area contributed by atoms with Gasteiger partial charge in [-0.2, -0.15) is 9.49 Å². The van der Waals surface area contributed by atoms with Gasteiger partial charge in [0.1, 0.15) is 0 Å². The van der Waals surface area contributed by atoms with E-state index in [1.807, 2.05) is 13.0 Å². The number of rotatable bonds is 4. The van der Waals surface area contributed by atoms with Gasteiger partial charge in [0.25, 0.3) is 0 Å². The van der Waals surface area contributed by atoms with Crippen molar-refractivity contribution in [2.75, 3.05) is 0 Å². The van der Waals surface area contributed by atoms with E-state index in [1.54, 1.807) is 29.8 Å². The van der Waals surface area contributed by atoms with Crippen LogP contribution in [0.3, 0.4) is 0 Å². The van der Waals surface area contributed by atoms with E-state index in [1.165, 1.54) is 6.07 Å². The van der Waals surface area contributed by atoms with Crippen LogP contribution in [-0.4, -0.2) is 20.7 Å². The molecule has 2 heterocycles. The molecular formula is C18H14Cl2FN3O2. The Labute approximate surface area is 159 Å². The van der Waals surface area contributed by atoms with Gasteiger partial charge in [-0.25, -0.2) is 14.5 Å². The lowest BCUT2D eigenvalue weighted by molar-refractivity contribution is 0.0716. The molecule has 0 aliphatic rings. The number of carbonyl (C=O) groups excluding carboxylic acids is 1. The van der Waals surface area contributed by atoms with Gasteiger partial charge in [-0.15, -0.1) is 0 Å². The van der Waals surface area contributed by atoms with Crippen LogP contribution in [0.4, 0.5) is 4.39 Å². The van der Waals surface area contributed by atoms with E-state index in [4.69, 9.17) is 27.9 Å². The van der Waals surface area contributed by atoms with Crippen molar-refractivity contribution in [3.8, 4) is 5.88 Å². The average Bonchev–Trinajstić information content (AvgIpc) is 2.97. The van der Waals surface area contributed by atoms with Crippen LogP contribution in [0.15, 0.2) is 42.6 Å². The second-order valence-electron chi connectivity index (χ2n) is 5.68. The van der Waals surface area contributed by atoms with E-state index in [-0.39, 0.29) is 17.5 Å². The van der Waals surface area contributed by atoms with Gasteiger partial charge in [-0.3, -0.25) is 0 Å². The Balaban J connectivity index is 1.88. The van der Waals surface area contributed by atoms with Gasteiger partial charge in [0.05, 0.1) is 27.3 Å². The molecule has 1 unspecified atom stereocenters. The number of aryl methyl sites for hydroxylation is 1. The number of pyridine rings is 1. The normalized spacial score (nSPS) is 12.0. The Bertz CT molecular complexity index is 958. The molecule has 0 bridgehead atoms. The van der Waals surface area contributed by atoms with Crippen molar-refractivity contribution in [1.82, 2.24) is 14.8 Å². The Hall–Kier alpha value is -2.44. The first-order valence-corrected chi connectivity index (χ1v) is 8.45. The summed E-state index contributed by atoms with van der Waals surface area (Å²) in [5, 5.41) is 5.27. The predicted octanol–water partition coefficient (Wildman–Crippen LogP) is 4.86. The lowest BCUT2D eigenvalue weighted by Gasteiger charge is -2.16. The van der Waals surface area contributed by atoms with E-state index < -0.39 is 11.9 Å². The summed E-state index contributed by atoms with van der Waals surface area (Å²) < 4.78 is 19.9. The fourth-order valence-electron chi connectivity index (χ4n) is 2.41. The van der Waals surface area contributed by atoms with E-state index in [0.29, 0.717) is 15.7 Å². The topological polar surface area (TPSA) is 57.0 Å². The third kappa shape index (κ3) is 3.86. The molecule has 0 saturated carbocycles. The lowest BCUT2D eigenvalue weighted by Crippen LogP contribution is -2.15. The summed E-state index contributed by atoms with van der Waals surface area (Å²) in [6, 6.07) is 9.04. The summed E-state index contributed by atoms with van der Waals surface area (Å²) >= 11 is 12.0. The Morgan fingerprint density at radius 3 is 2.62 bits per heavy atom. The third-order valence-corrected chi connectivity index (χ3v) is 4.52. The minimum Gasteiger partial charge on any atom is -0.404 e. The molecule has 0 aliphatic heterocycles. The second-order valence-corrected chi connectivity index (χ2v) is 6.49. The number of benzene rings is 1. The van der Waals surface area contributed by atoms with Crippen molar-refractivity contribution in [3.63, 3.8) is 0 Å². The zero-order valence-corrected chi connectivity index (χ0v) is 15.4. The smallest absolute Gasteiger partial charge is 0.346 e. The molecule has 0 fully saturated rings. The van der Waals surface area contributed by atoms with Gasteiger partial charge >= 0.3 is 5.97 Å². The van der Waals surface area contributed by atoms with Crippen molar-refractivity contribution in [3.05, 3.63) is 75.4 Å². The molecule has 1 aromatic carbocycles. The van der Waals surface area contributed by atoms with Gasteiger partial charge < -0.3 is 4.74 Å². The zero-order chi connectivity index (χ0) is 18.8. The number of esters is 1. The molecule has 0 amide bonds. The predicted molar refractivity (Wildman–Crippen MR) is 96.4 cm³/mol. The molecule has 0 saturated heterocycles. The van der Waals surface area contributed by atoms with Crippen LogP contribution in [0, 0.1) is 12.9 Å². The molecular weight excluding hydrogens is 380 g/mol. The van der Waals surface area contributed by atoms with E-state index in [9.17, 15) is 9.18 Å². The molecule has 26 heavy (non-hydrogen) atoms. The summed E-state index contributed by atoms with van der Waals surface area (Å²) in [5.41, 5.74) is 1.67. The number of carbonyl (C=O) groups is 1. The van der Waals surface area contributed by atoms with Crippen molar-refractivity contribution in [2.24, 2.45) is 0 Å². The molecule has 0 radical (unpaired) electrons. The number of nitrogens with zero attached hydrogens (tertiary/aromatic N) is 3. The van der Waals surface area contributed by atoms with Gasteiger partial charge in [-0.1, -0.05) is 29.3 Å². The SMILES string of the molecule is Cc1cc(OC(=O)c2ccc(F)nc2)n(C(C)c2ccc(Cl)c(Cl)c2)n1. The molecule has 8 heteroatoms. The second kappa shape index (κ2) is 7.43. The fourth-order valence-corrected chi connectivity index (χ4v) is 2.72. The Morgan fingerprint density at radius 1 is 1.19 bits per heavy atom. The molecule has 3 aromatic rings. The number of hydrogen-bond donors (Lipinski definition) is 0. The van der Waals surface area contributed by atoms with Crippen molar-refractivity contribution in [2.45, 2.75) is 19.9 Å². The highest BCUT2D eigenvalue weighted by Crippen LogP contribution is 2.29. The molecule has 1 atom stereocenters. The monoisotopic (exact) mass is 393 g/mol. The summed E-state index contributed by atoms with van der Waals surface area (Å²) in [5.74, 6) is -1.06. The number of hydrogen-bond acceptors (Lipinski definition) is 4. The number of aromatic nitrogens is 3. The van der Waals surface area contributed by atoms with E-state index >= 15 is 0 Å². The van der Waals surface area contributed by atoms with Gasteiger partial charge in [0, 0.05) is 12.3 Å². The molecule has 5 nitrogen and oxygen atoms in total. The molecule has 0 aliphatic carbocycles. The molecule has 134 valence electrons. The first kappa shape index (κ1) is 18.4.